The summed E-state index contributed by atoms with van der Waals surface area (Å²) in [6, 6.07) is 8.92. The Morgan fingerprint density at radius 2 is 2.09 bits per heavy atom. The van der Waals surface area contributed by atoms with Crippen LogP contribution in [0, 0.1) is 0 Å². The summed E-state index contributed by atoms with van der Waals surface area (Å²) in [5.74, 6) is 0. The molecule has 1 aromatic carbocycles. The topological polar surface area (TPSA) is 45.2 Å². The molecular weight excluding hydrogens is 333 g/mol. The summed E-state index contributed by atoms with van der Waals surface area (Å²) >= 11 is 11.9. The van der Waals surface area contributed by atoms with Crippen molar-refractivity contribution in [3.8, 4) is 0 Å². The fourth-order valence-electron chi connectivity index (χ4n) is 2.86. The van der Waals surface area contributed by atoms with E-state index in [2.05, 4.69) is 10.3 Å². The quantitative estimate of drug-likeness (QED) is 0.814. The number of rotatable bonds is 2. The number of piperidine rings is 1. The normalized spacial score (nSPS) is 17.8. The zero-order valence-corrected chi connectivity index (χ0v) is 14.0. The summed E-state index contributed by atoms with van der Waals surface area (Å²) in [5.41, 5.74) is 1.70. The van der Waals surface area contributed by atoms with E-state index in [9.17, 15) is 4.79 Å². The molecular formula is C17H17Cl2N3O. The molecule has 0 saturated carbocycles. The van der Waals surface area contributed by atoms with Gasteiger partial charge in [0, 0.05) is 24.6 Å². The van der Waals surface area contributed by atoms with Crippen molar-refractivity contribution in [2.45, 2.75) is 25.3 Å². The molecule has 1 aliphatic heterocycles. The van der Waals surface area contributed by atoms with Gasteiger partial charge in [0.2, 0.25) is 0 Å². The van der Waals surface area contributed by atoms with Gasteiger partial charge in [-0.05, 0) is 49.1 Å². The number of anilines is 1. The smallest absolute Gasteiger partial charge is 0.317 e. The fraction of sp³-hybridized carbons (Fsp3) is 0.294. The molecule has 3 rings (SSSR count). The first kappa shape index (κ1) is 16.1. The van der Waals surface area contributed by atoms with E-state index in [0.717, 1.165) is 31.4 Å². The number of hydrogen-bond acceptors (Lipinski definition) is 2. The second-order valence-corrected chi connectivity index (χ2v) is 6.36. The van der Waals surface area contributed by atoms with Gasteiger partial charge in [-0.2, -0.15) is 0 Å². The van der Waals surface area contributed by atoms with Gasteiger partial charge in [0.1, 0.15) is 0 Å². The van der Waals surface area contributed by atoms with E-state index in [4.69, 9.17) is 23.2 Å². The first-order valence-electron chi connectivity index (χ1n) is 7.58. The van der Waals surface area contributed by atoms with E-state index in [1.807, 2.05) is 23.2 Å². The lowest BCUT2D eigenvalue weighted by molar-refractivity contribution is 0.163. The molecule has 1 aromatic heterocycles. The van der Waals surface area contributed by atoms with Gasteiger partial charge in [0.25, 0.3) is 0 Å². The third-order valence-corrected chi connectivity index (χ3v) is 4.74. The maximum Gasteiger partial charge on any atom is 0.322 e. The summed E-state index contributed by atoms with van der Waals surface area (Å²) in [5, 5.41) is 3.79. The molecule has 0 unspecified atom stereocenters. The Bertz CT molecular complexity index is 693. The summed E-state index contributed by atoms with van der Waals surface area (Å²) < 4.78 is 0. The van der Waals surface area contributed by atoms with Crippen LogP contribution in [0.15, 0.2) is 42.7 Å². The summed E-state index contributed by atoms with van der Waals surface area (Å²) in [4.78, 5) is 18.7. The van der Waals surface area contributed by atoms with Crippen molar-refractivity contribution in [3.63, 3.8) is 0 Å². The standard InChI is InChI=1S/C17H17Cl2N3O/c18-14-7-6-13(10-15(14)19)21-17(23)22-9-2-1-5-16(22)12-4-3-8-20-11-12/h3-4,6-8,10-11,16H,1-2,5,9H2,(H,21,23)/t16-/m0/s1. The number of urea groups is 1. The second-order valence-electron chi connectivity index (χ2n) is 5.55. The van der Waals surface area contributed by atoms with Crippen molar-refractivity contribution >= 4 is 34.9 Å². The molecule has 2 heterocycles. The first-order valence-corrected chi connectivity index (χ1v) is 8.33. The number of nitrogens with zero attached hydrogens (tertiary/aromatic N) is 2. The Kier molecular flexibility index (Phi) is 5.03. The molecule has 6 heteroatoms. The van der Waals surface area contributed by atoms with E-state index in [1.54, 1.807) is 24.4 Å². The average molecular weight is 350 g/mol. The van der Waals surface area contributed by atoms with Gasteiger partial charge < -0.3 is 10.2 Å². The van der Waals surface area contributed by atoms with Crippen LogP contribution < -0.4 is 5.32 Å². The van der Waals surface area contributed by atoms with Crippen LogP contribution in [0.1, 0.15) is 30.9 Å². The predicted octanol–water partition coefficient (Wildman–Crippen LogP) is 5.15. The summed E-state index contributed by atoms with van der Waals surface area (Å²) in [6.07, 6.45) is 6.63. The number of hydrogen-bond donors (Lipinski definition) is 1. The van der Waals surface area contributed by atoms with Crippen molar-refractivity contribution in [2.75, 3.05) is 11.9 Å². The lowest BCUT2D eigenvalue weighted by Gasteiger charge is -2.35. The molecule has 1 atom stereocenters. The number of likely N-dealkylation sites (tertiary alicyclic amines) is 1. The maximum absolute atomic E-state index is 12.7. The van der Waals surface area contributed by atoms with Crippen molar-refractivity contribution in [1.82, 2.24) is 9.88 Å². The number of benzene rings is 1. The Hall–Kier alpha value is -1.78. The minimum atomic E-state index is -0.128. The Balaban J connectivity index is 1.77. The highest BCUT2D eigenvalue weighted by Gasteiger charge is 2.28. The zero-order valence-electron chi connectivity index (χ0n) is 12.5. The first-order chi connectivity index (χ1) is 11.1. The molecule has 4 nitrogen and oxygen atoms in total. The van der Waals surface area contributed by atoms with Crippen molar-refractivity contribution in [3.05, 3.63) is 58.3 Å². The van der Waals surface area contributed by atoms with E-state index >= 15 is 0 Å². The largest absolute Gasteiger partial charge is 0.322 e. The molecule has 0 radical (unpaired) electrons. The molecule has 1 saturated heterocycles. The number of carbonyl (C=O) groups excluding carboxylic acids is 1. The van der Waals surface area contributed by atoms with Crippen LogP contribution in [-0.4, -0.2) is 22.5 Å². The number of amides is 2. The lowest BCUT2D eigenvalue weighted by Crippen LogP contribution is -2.41. The molecule has 120 valence electrons. The van der Waals surface area contributed by atoms with Crippen molar-refractivity contribution < 1.29 is 4.79 Å². The van der Waals surface area contributed by atoms with Crippen molar-refractivity contribution in [1.29, 1.82) is 0 Å². The number of halogens is 2. The van der Waals surface area contributed by atoms with Crippen LogP contribution in [0.5, 0.6) is 0 Å². The molecule has 0 aliphatic carbocycles. The Morgan fingerprint density at radius 3 is 2.83 bits per heavy atom. The molecule has 2 aromatic rings. The van der Waals surface area contributed by atoms with Gasteiger partial charge in [0.15, 0.2) is 0 Å². The van der Waals surface area contributed by atoms with Crippen LogP contribution in [0.4, 0.5) is 10.5 Å². The Morgan fingerprint density at radius 1 is 1.22 bits per heavy atom. The molecule has 2 amide bonds. The monoisotopic (exact) mass is 349 g/mol. The molecule has 0 bridgehead atoms. The predicted molar refractivity (Wildman–Crippen MR) is 93.0 cm³/mol. The molecule has 1 N–H and O–H groups in total. The third kappa shape index (κ3) is 3.77. The third-order valence-electron chi connectivity index (χ3n) is 4.00. The van der Waals surface area contributed by atoms with Gasteiger partial charge >= 0.3 is 6.03 Å². The lowest BCUT2D eigenvalue weighted by atomic mass is 9.97. The SMILES string of the molecule is O=C(Nc1ccc(Cl)c(Cl)c1)N1CCCC[C@H]1c1cccnc1. The molecule has 1 fully saturated rings. The summed E-state index contributed by atoms with van der Waals surface area (Å²) in [6.45, 7) is 0.729. The van der Waals surface area contributed by atoms with Gasteiger partial charge in [-0.1, -0.05) is 29.3 Å². The fourth-order valence-corrected chi connectivity index (χ4v) is 3.16. The van der Waals surface area contributed by atoms with Gasteiger partial charge in [-0.15, -0.1) is 0 Å². The number of nitrogens with one attached hydrogen (secondary N) is 1. The average Bonchev–Trinajstić information content (AvgIpc) is 2.59. The van der Waals surface area contributed by atoms with Gasteiger partial charge in [0.05, 0.1) is 16.1 Å². The highest BCUT2D eigenvalue weighted by Crippen LogP contribution is 2.31. The number of pyridine rings is 1. The zero-order chi connectivity index (χ0) is 16.2. The van der Waals surface area contributed by atoms with E-state index in [1.165, 1.54) is 0 Å². The summed E-state index contributed by atoms with van der Waals surface area (Å²) in [7, 11) is 0. The molecule has 1 aliphatic rings. The van der Waals surface area contributed by atoms with E-state index in [-0.39, 0.29) is 12.1 Å². The maximum atomic E-state index is 12.7. The minimum Gasteiger partial charge on any atom is -0.317 e. The van der Waals surface area contributed by atoms with Crippen LogP contribution in [0.25, 0.3) is 0 Å². The number of carbonyl (C=O) groups is 1. The van der Waals surface area contributed by atoms with Crippen LogP contribution in [0.2, 0.25) is 10.0 Å². The van der Waals surface area contributed by atoms with Crippen LogP contribution in [-0.2, 0) is 0 Å². The second kappa shape index (κ2) is 7.20. The van der Waals surface area contributed by atoms with Crippen molar-refractivity contribution in [2.24, 2.45) is 0 Å². The molecule has 0 spiro atoms. The minimum absolute atomic E-state index is 0.0558. The van der Waals surface area contributed by atoms with E-state index < -0.39 is 0 Å². The molecule has 23 heavy (non-hydrogen) atoms. The Labute approximate surface area is 145 Å². The van der Waals surface area contributed by atoms with Crippen LogP contribution in [0.3, 0.4) is 0 Å². The van der Waals surface area contributed by atoms with Gasteiger partial charge in [-0.25, -0.2) is 4.79 Å². The number of aromatic nitrogens is 1. The van der Waals surface area contributed by atoms with E-state index in [0.29, 0.717) is 15.7 Å². The highest BCUT2D eigenvalue weighted by molar-refractivity contribution is 6.42. The van der Waals surface area contributed by atoms with Crippen LogP contribution >= 0.6 is 23.2 Å². The highest BCUT2D eigenvalue weighted by atomic mass is 35.5. The van der Waals surface area contributed by atoms with Gasteiger partial charge in [-0.3, -0.25) is 4.98 Å².